The lowest BCUT2D eigenvalue weighted by Gasteiger charge is -2.39. The predicted molar refractivity (Wildman–Crippen MR) is 80.0 cm³/mol. The molecule has 0 saturated heterocycles. The van der Waals surface area contributed by atoms with Crippen LogP contribution in [0.15, 0.2) is 24.3 Å². The Balaban J connectivity index is 2.32. The predicted octanol–water partition coefficient (Wildman–Crippen LogP) is 2.35. The van der Waals surface area contributed by atoms with E-state index < -0.39 is 12.0 Å². The van der Waals surface area contributed by atoms with Crippen LogP contribution in [-0.4, -0.2) is 45.5 Å². The van der Waals surface area contributed by atoms with Gasteiger partial charge in [0.2, 0.25) is 0 Å². The molecule has 0 fully saturated rings. The van der Waals surface area contributed by atoms with Crippen molar-refractivity contribution in [3.05, 3.63) is 35.4 Å². The van der Waals surface area contributed by atoms with E-state index in [2.05, 4.69) is 0 Å². The molecular formula is C16H22N2O3. The summed E-state index contributed by atoms with van der Waals surface area (Å²) in [6.45, 7) is 6.71. The molecule has 2 rings (SSSR count). The van der Waals surface area contributed by atoms with Gasteiger partial charge in [-0.2, -0.15) is 0 Å². The molecule has 0 aliphatic carbocycles. The lowest BCUT2D eigenvalue weighted by atomic mass is 9.94. The van der Waals surface area contributed by atoms with Crippen LogP contribution in [0.4, 0.5) is 4.79 Å². The second-order valence-corrected chi connectivity index (χ2v) is 5.62. The molecule has 1 atom stereocenters. The fourth-order valence-electron chi connectivity index (χ4n) is 2.83. The van der Waals surface area contributed by atoms with Crippen LogP contribution in [0.25, 0.3) is 0 Å². The number of aliphatic carboxylic acids is 1. The number of fused-ring (bicyclic) bond motifs is 1. The van der Waals surface area contributed by atoms with Gasteiger partial charge in [0.1, 0.15) is 6.04 Å². The number of hydrogen-bond donors (Lipinski definition) is 1. The Morgan fingerprint density at radius 1 is 1.33 bits per heavy atom. The number of carboxylic acids is 1. The number of carboxylic acid groups (broad SMARTS) is 1. The Kier molecular flexibility index (Phi) is 4.50. The van der Waals surface area contributed by atoms with Gasteiger partial charge in [0.05, 0.1) is 0 Å². The zero-order valence-electron chi connectivity index (χ0n) is 12.7. The summed E-state index contributed by atoms with van der Waals surface area (Å²) >= 11 is 0. The van der Waals surface area contributed by atoms with Crippen molar-refractivity contribution in [1.29, 1.82) is 0 Å². The number of carbonyl (C=O) groups is 2. The number of rotatable bonds is 3. The van der Waals surface area contributed by atoms with Gasteiger partial charge in [-0.1, -0.05) is 24.3 Å². The van der Waals surface area contributed by atoms with Crippen molar-refractivity contribution in [2.75, 3.05) is 6.54 Å². The van der Waals surface area contributed by atoms with E-state index >= 15 is 0 Å². The summed E-state index contributed by atoms with van der Waals surface area (Å²) in [6, 6.07) is 6.78. The molecule has 1 heterocycles. The van der Waals surface area contributed by atoms with Gasteiger partial charge >= 0.3 is 12.0 Å². The highest BCUT2D eigenvalue weighted by molar-refractivity contribution is 5.83. The first-order valence-electron chi connectivity index (χ1n) is 7.32. The molecule has 0 saturated carbocycles. The molecule has 21 heavy (non-hydrogen) atoms. The lowest BCUT2D eigenvalue weighted by molar-refractivity contribution is -0.143. The summed E-state index contributed by atoms with van der Waals surface area (Å²) in [5, 5.41) is 9.46. The molecule has 5 nitrogen and oxygen atoms in total. The third kappa shape index (κ3) is 3.01. The second kappa shape index (κ2) is 6.16. The molecule has 114 valence electrons. The summed E-state index contributed by atoms with van der Waals surface area (Å²) in [7, 11) is 0. The molecule has 0 spiro atoms. The van der Waals surface area contributed by atoms with Crippen LogP contribution < -0.4 is 0 Å². The highest BCUT2D eigenvalue weighted by Gasteiger charge is 2.36. The molecule has 1 N–H and O–H groups in total. The van der Waals surface area contributed by atoms with Crippen molar-refractivity contribution < 1.29 is 14.7 Å². The van der Waals surface area contributed by atoms with Crippen molar-refractivity contribution in [1.82, 2.24) is 9.80 Å². The normalized spacial score (nSPS) is 17.5. The van der Waals surface area contributed by atoms with Gasteiger partial charge in [-0.15, -0.1) is 0 Å². The van der Waals surface area contributed by atoms with Crippen LogP contribution >= 0.6 is 0 Å². The van der Waals surface area contributed by atoms with Gasteiger partial charge in [-0.3, -0.25) is 0 Å². The first-order chi connectivity index (χ1) is 9.95. The van der Waals surface area contributed by atoms with Crippen LogP contribution in [-0.2, 0) is 17.8 Å². The smallest absolute Gasteiger partial charge is 0.326 e. The van der Waals surface area contributed by atoms with Gasteiger partial charge in [-0.25, -0.2) is 9.59 Å². The van der Waals surface area contributed by atoms with E-state index in [0.29, 0.717) is 19.5 Å². The number of hydrogen-bond acceptors (Lipinski definition) is 2. The summed E-state index contributed by atoms with van der Waals surface area (Å²) in [4.78, 5) is 27.4. The lowest BCUT2D eigenvalue weighted by Crippen LogP contribution is -2.54. The van der Waals surface area contributed by atoms with E-state index in [9.17, 15) is 14.7 Å². The van der Waals surface area contributed by atoms with Gasteiger partial charge in [0, 0.05) is 25.6 Å². The van der Waals surface area contributed by atoms with E-state index in [0.717, 1.165) is 11.1 Å². The van der Waals surface area contributed by atoms with E-state index in [-0.39, 0.29) is 12.1 Å². The molecule has 1 aromatic carbocycles. The van der Waals surface area contributed by atoms with E-state index in [1.54, 1.807) is 4.90 Å². The summed E-state index contributed by atoms with van der Waals surface area (Å²) in [5.74, 6) is -0.947. The zero-order valence-corrected chi connectivity index (χ0v) is 12.7. The Morgan fingerprint density at radius 2 is 1.95 bits per heavy atom. The largest absolute Gasteiger partial charge is 0.480 e. The fourth-order valence-corrected chi connectivity index (χ4v) is 2.83. The minimum atomic E-state index is -0.947. The van der Waals surface area contributed by atoms with Gasteiger partial charge in [0.15, 0.2) is 0 Å². The maximum absolute atomic E-state index is 12.7. The molecule has 0 bridgehead atoms. The SMILES string of the molecule is CCN(C(=O)N1Cc2ccccc2C[C@@H]1C(=O)O)C(C)C. The topological polar surface area (TPSA) is 60.9 Å². The third-order valence-corrected chi connectivity index (χ3v) is 3.99. The minimum absolute atomic E-state index is 0.0501. The molecule has 5 heteroatoms. The Bertz CT molecular complexity index is 542. The molecule has 0 radical (unpaired) electrons. The Morgan fingerprint density at radius 3 is 2.48 bits per heavy atom. The maximum atomic E-state index is 12.7. The van der Waals surface area contributed by atoms with Crippen molar-refractivity contribution in [3.63, 3.8) is 0 Å². The van der Waals surface area contributed by atoms with E-state index in [1.165, 1.54) is 4.90 Å². The minimum Gasteiger partial charge on any atom is -0.480 e. The molecule has 0 unspecified atom stereocenters. The Labute approximate surface area is 125 Å². The number of urea groups is 1. The van der Waals surface area contributed by atoms with Crippen molar-refractivity contribution >= 4 is 12.0 Å². The third-order valence-electron chi connectivity index (χ3n) is 3.99. The monoisotopic (exact) mass is 290 g/mol. The summed E-state index contributed by atoms with van der Waals surface area (Å²) in [5.41, 5.74) is 2.05. The van der Waals surface area contributed by atoms with Gasteiger partial charge < -0.3 is 14.9 Å². The van der Waals surface area contributed by atoms with Crippen LogP contribution in [0, 0.1) is 0 Å². The average Bonchev–Trinajstić information content (AvgIpc) is 2.46. The van der Waals surface area contributed by atoms with Gasteiger partial charge in [0.25, 0.3) is 0 Å². The maximum Gasteiger partial charge on any atom is 0.326 e. The van der Waals surface area contributed by atoms with Crippen LogP contribution in [0.5, 0.6) is 0 Å². The van der Waals surface area contributed by atoms with Crippen molar-refractivity contribution in [2.45, 2.75) is 45.8 Å². The van der Waals surface area contributed by atoms with Crippen LogP contribution in [0.2, 0.25) is 0 Å². The number of carbonyl (C=O) groups excluding carboxylic acids is 1. The molecule has 1 aliphatic heterocycles. The number of benzene rings is 1. The fraction of sp³-hybridized carbons (Fsp3) is 0.500. The first-order valence-corrected chi connectivity index (χ1v) is 7.32. The highest BCUT2D eigenvalue weighted by Crippen LogP contribution is 2.25. The molecule has 1 aliphatic rings. The van der Waals surface area contributed by atoms with E-state index in [4.69, 9.17) is 0 Å². The first kappa shape index (κ1) is 15.4. The molecule has 0 aromatic heterocycles. The number of amides is 2. The molecule has 1 aromatic rings. The molecular weight excluding hydrogens is 268 g/mol. The second-order valence-electron chi connectivity index (χ2n) is 5.62. The standard InChI is InChI=1S/C16H22N2O3/c1-4-17(11(2)3)16(21)18-10-13-8-6-5-7-12(13)9-14(18)15(19)20/h5-8,11,14H,4,9-10H2,1-3H3,(H,19,20)/t14-/m1/s1. The quantitative estimate of drug-likeness (QED) is 0.929. The van der Waals surface area contributed by atoms with Crippen LogP contribution in [0.1, 0.15) is 31.9 Å². The average molecular weight is 290 g/mol. The van der Waals surface area contributed by atoms with E-state index in [1.807, 2.05) is 45.0 Å². The number of nitrogens with zero attached hydrogens (tertiary/aromatic N) is 2. The summed E-state index contributed by atoms with van der Waals surface area (Å²) in [6.07, 6.45) is 0.368. The zero-order chi connectivity index (χ0) is 15.6. The van der Waals surface area contributed by atoms with Crippen molar-refractivity contribution in [2.24, 2.45) is 0 Å². The highest BCUT2D eigenvalue weighted by atomic mass is 16.4. The van der Waals surface area contributed by atoms with Crippen LogP contribution in [0.3, 0.4) is 0 Å². The molecule has 2 amide bonds. The summed E-state index contributed by atoms with van der Waals surface area (Å²) < 4.78 is 0. The van der Waals surface area contributed by atoms with Crippen molar-refractivity contribution in [3.8, 4) is 0 Å². The van der Waals surface area contributed by atoms with Gasteiger partial charge in [-0.05, 0) is 31.9 Å². The Hall–Kier alpha value is -2.04.